The van der Waals surface area contributed by atoms with E-state index in [4.69, 9.17) is 4.98 Å². The number of phenols is 1. The number of nitrogens with zero attached hydrogens (tertiary/aromatic N) is 3. The minimum atomic E-state index is -0.233. The van der Waals surface area contributed by atoms with E-state index in [0.717, 1.165) is 58.2 Å². The molecule has 3 heterocycles. The van der Waals surface area contributed by atoms with Crippen LogP contribution in [0, 0.1) is 5.92 Å². The van der Waals surface area contributed by atoms with Crippen LogP contribution in [0.2, 0.25) is 0 Å². The summed E-state index contributed by atoms with van der Waals surface area (Å²) < 4.78 is 2.23. The molecule has 1 N–H and O–H groups in total. The molecule has 0 radical (unpaired) electrons. The summed E-state index contributed by atoms with van der Waals surface area (Å²) in [7, 11) is 1.86. The third-order valence-electron chi connectivity index (χ3n) is 6.28. The zero-order valence-electron chi connectivity index (χ0n) is 19.9. The Kier molecular flexibility index (Phi) is 5.93. The molecule has 5 nitrogen and oxygen atoms in total. The van der Waals surface area contributed by atoms with Gasteiger partial charge in [0.1, 0.15) is 5.75 Å². The first kappa shape index (κ1) is 22.6. The summed E-state index contributed by atoms with van der Waals surface area (Å²) in [6.45, 7) is 10.5. The number of amides is 1. The molecule has 0 spiro atoms. The van der Waals surface area contributed by atoms with E-state index in [-0.39, 0.29) is 11.4 Å². The minimum Gasteiger partial charge on any atom is -0.508 e. The van der Waals surface area contributed by atoms with Crippen molar-refractivity contribution in [2.75, 3.05) is 7.05 Å². The van der Waals surface area contributed by atoms with E-state index in [9.17, 15) is 9.90 Å². The van der Waals surface area contributed by atoms with Gasteiger partial charge in [-0.3, -0.25) is 9.36 Å². The molecule has 0 aliphatic carbocycles. The van der Waals surface area contributed by atoms with Gasteiger partial charge in [-0.1, -0.05) is 19.9 Å². The van der Waals surface area contributed by atoms with Crippen molar-refractivity contribution in [3.05, 3.63) is 52.2 Å². The number of phenolic OH excluding ortho intramolecular Hbond substituents is 1. The zero-order chi connectivity index (χ0) is 23.2. The molecular formula is C26H33N3O2S. The van der Waals surface area contributed by atoms with E-state index < -0.39 is 0 Å². The Balaban J connectivity index is 1.84. The van der Waals surface area contributed by atoms with Crippen LogP contribution in [-0.4, -0.2) is 38.1 Å². The first-order valence-corrected chi connectivity index (χ1v) is 12.2. The van der Waals surface area contributed by atoms with Crippen molar-refractivity contribution in [3.63, 3.8) is 0 Å². The third kappa shape index (κ3) is 4.20. The Morgan fingerprint density at radius 1 is 1.28 bits per heavy atom. The first-order chi connectivity index (χ1) is 15.1. The number of thiophene rings is 1. The van der Waals surface area contributed by atoms with Gasteiger partial charge in [0.05, 0.1) is 22.7 Å². The number of hydrogen-bond acceptors (Lipinski definition) is 4. The number of likely N-dealkylation sites (N-methyl/N-ethyl adjacent to an activating group) is 1. The molecule has 1 aliphatic heterocycles. The highest BCUT2D eigenvalue weighted by atomic mass is 32.1. The summed E-state index contributed by atoms with van der Waals surface area (Å²) in [6, 6.07) is 8.16. The van der Waals surface area contributed by atoms with Gasteiger partial charge in [0.15, 0.2) is 5.82 Å². The van der Waals surface area contributed by atoms with Crippen molar-refractivity contribution >= 4 is 17.2 Å². The lowest BCUT2D eigenvalue weighted by molar-refractivity contribution is -0.133. The molecule has 3 aromatic rings. The topological polar surface area (TPSA) is 58.4 Å². The minimum absolute atomic E-state index is 0.0770. The maximum absolute atomic E-state index is 13.1. The molecule has 1 amide bonds. The Hall–Kier alpha value is -2.60. The lowest BCUT2D eigenvalue weighted by Gasteiger charge is -2.32. The summed E-state index contributed by atoms with van der Waals surface area (Å²) in [5.74, 6) is 1.79. The fraction of sp³-hybridized carbons (Fsp3) is 0.462. The molecule has 0 fully saturated rings. The van der Waals surface area contributed by atoms with E-state index in [1.807, 2.05) is 40.0 Å². The van der Waals surface area contributed by atoms with E-state index in [2.05, 4.69) is 35.9 Å². The van der Waals surface area contributed by atoms with Gasteiger partial charge in [-0.05, 0) is 80.7 Å². The van der Waals surface area contributed by atoms with Gasteiger partial charge in [-0.2, -0.15) is 0 Å². The van der Waals surface area contributed by atoms with E-state index >= 15 is 0 Å². The zero-order valence-corrected chi connectivity index (χ0v) is 20.7. The van der Waals surface area contributed by atoms with E-state index in [0.29, 0.717) is 18.1 Å². The standard InChI is InChI=1S/C26H33N3O2S/c1-16(2)12-18-13-21-17(14-22(18)30)9-10-20-19(15-24(31)28(6)26(3,4)5)27-25(29(20)21)23-8-7-11-32-23/h7-8,11,13-14,16,30H,9-10,12,15H2,1-6H3. The number of hydrogen-bond donors (Lipinski definition) is 1. The predicted octanol–water partition coefficient (Wildman–Crippen LogP) is 5.40. The second-order valence-corrected chi connectivity index (χ2v) is 11.1. The highest BCUT2D eigenvalue weighted by molar-refractivity contribution is 7.13. The molecule has 170 valence electrons. The van der Waals surface area contributed by atoms with Gasteiger partial charge in [0.2, 0.25) is 5.91 Å². The fourth-order valence-electron chi connectivity index (χ4n) is 4.29. The van der Waals surface area contributed by atoms with E-state index in [1.54, 1.807) is 16.2 Å². The normalized spacial score (nSPS) is 13.2. The van der Waals surface area contributed by atoms with Crippen LogP contribution in [0.1, 0.15) is 57.1 Å². The number of aromatic nitrogens is 2. The molecule has 0 saturated heterocycles. The summed E-state index contributed by atoms with van der Waals surface area (Å²) in [5, 5.41) is 12.7. The number of carbonyl (C=O) groups excluding carboxylic acids is 1. The van der Waals surface area contributed by atoms with Crippen LogP contribution >= 0.6 is 11.3 Å². The molecule has 4 rings (SSSR count). The molecule has 32 heavy (non-hydrogen) atoms. The summed E-state index contributed by atoms with van der Waals surface area (Å²) in [5.41, 5.74) is 4.91. The molecule has 1 aliphatic rings. The number of benzene rings is 1. The van der Waals surface area contributed by atoms with Crippen LogP contribution in [-0.2, 0) is 30.5 Å². The first-order valence-electron chi connectivity index (χ1n) is 11.3. The van der Waals surface area contributed by atoms with Crippen LogP contribution in [0.5, 0.6) is 5.75 Å². The maximum Gasteiger partial charge on any atom is 0.228 e. The molecule has 6 heteroatoms. The van der Waals surface area contributed by atoms with Crippen LogP contribution in [0.15, 0.2) is 29.6 Å². The van der Waals surface area contributed by atoms with Gasteiger partial charge < -0.3 is 10.0 Å². The van der Waals surface area contributed by atoms with Gasteiger partial charge in [0.25, 0.3) is 0 Å². The average Bonchev–Trinajstić information content (AvgIpc) is 3.35. The SMILES string of the molecule is CC(C)Cc1cc2c(cc1O)CCc1c(CC(=O)N(C)C(C)(C)C)nc(-c3cccs3)n1-2. The Labute approximate surface area is 194 Å². The quantitative estimate of drug-likeness (QED) is 0.565. The van der Waals surface area contributed by atoms with Crippen molar-refractivity contribution < 1.29 is 9.90 Å². The Morgan fingerprint density at radius 2 is 2.03 bits per heavy atom. The molecule has 0 saturated carbocycles. The molecule has 1 aromatic carbocycles. The summed E-state index contributed by atoms with van der Waals surface area (Å²) in [6.07, 6.45) is 2.74. The van der Waals surface area contributed by atoms with Gasteiger partial charge in [-0.25, -0.2) is 4.98 Å². The summed E-state index contributed by atoms with van der Waals surface area (Å²) in [4.78, 5) is 21.0. The number of aryl methyl sites for hydroxylation is 1. The number of rotatable bonds is 5. The molecule has 2 aromatic heterocycles. The second kappa shape index (κ2) is 8.39. The van der Waals surface area contributed by atoms with Crippen molar-refractivity contribution in [2.45, 2.75) is 65.8 Å². The van der Waals surface area contributed by atoms with Crippen molar-refractivity contribution in [1.82, 2.24) is 14.5 Å². The van der Waals surface area contributed by atoms with Crippen molar-refractivity contribution in [1.29, 1.82) is 0 Å². The molecular weight excluding hydrogens is 418 g/mol. The molecule has 0 unspecified atom stereocenters. The van der Waals surface area contributed by atoms with Gasteiger partial charge in [0, 0.05) is 18.3 Å². The maximum atomic E-state index is 13.1. The van der Waals surface area contributed by atoms with Crippen LogP contribution in [0.3, 0.4) is 0 Å². The predicted molar refractivity (Wildman–Crippen MR) is 131 cm³/mol. The highest BCUT2D eigenvalue weighted by Crippen LogP contribution is 2.38. The van der Waals surface area contributed by atoms with Crippen molar-refractivity contribution in [3.8, 4) is 22.1 Å². The molecule has 0 bridgehead atoms. The number of fused-ring (bicyclic) bond motifs is 3. The number of carbonyl (C=O) groups is 1. The molecule has 0 atom stereocenters. The highest BCUT2D eigenvalue weighted by Gasteiger charge is 2.29. The number of aromatic hydroxyl groups is 1. The Bertz CT molecular complexity index is 1140. The van der Waals surface area contributed by atoms with Gasteiger partial charge in [-0.15, -0.1) is 11.3 Å². The number of imidazole rings is 1. The lowest BCUT2D eigenvalue weighted by Crippen LogP contribution is -2.43. The van der Waals surface area contributed by atoms with Crippen LogP contribution < -0.4 is 0 Å². The van der Waals surface area contributed by atoms with Crippen LogP contribution in [0.4, 0.5) is 0 Å². The second-order valence-electron chi connectivity index (χ2n) is 10.1. The third-order valence-corrected chi connectivity index (χ3v) is 7.14. The van der Waals surface area contributed by atoms with Gasteiger partial charge >= 0.3 is 0 Å². The largest absolute Gasteiger partial charge is 0.508 e. The smallest absolute Gasteiger partial charge is 0.228 e. The Morgan fingerprint density at radius 3 is 2.66 bits per heavy atom. The van der Waals surface area contributed by atoms with Crippen LogP contribution in [0.25, 0.3) is 16.4 Å². The van der Waals surface area contributed by atoms with Crippen molar-refractivity contribution in [2.24, 2.45) is 5.92 Å². The lowest BCUT2D eigenvalue weighted by atomic mass is 9.94. The summed E-state index contributed by atoms with van der Waals surface area (Å²) >= 11 is 1.66. The van der Waals surface area contributed by atoms with E-state index in [1.165, 1.54) is 0 Å². The average molecular weight is 452 g/mol. The fourth-order valence-corrected chi connectivity index (χ4v) is 4.99. The monoisotopic (exact) mass is 451 g/mol.